The molecule has 4 rings (SSSR count). The summed E-state index contributed by atoms with van der Waals surface area (Å²) in [6.07, 6.45) is -12.0. The van der Waals surface area contributed by atoms with E-state index in [-0.39, 0.29) is 19.4 Å². The Bertz CT molecular complexity index is 1630. The lowest BCUT2D eigenvalue weighted by atomic mass is 9.94. The number of hydrogen-bond acceptors (Lipinski definition) is 9. The highest BCUT2D eigenvalue weighted by molar-refractivity contribution is 5.72. The van der Waals surface area contributed by atoms with Crippen LogP contribution in [0.3, 0.4) is 0 Å². The maximum atomic E-state index is 15.0. The van der Waals surface area contributed by atoms with Crippen LogP contribution in [-0.2, 0) is 29.7 Å². The number of halogens is 6. The summed E-state index contributed by atoms with van der Waals surface area (Å²) in [6.45, 7) is 0.672. The van der Waals surface area contributed by atoms with Gasteiger partial charge in [0.05, 0.1) is 12.7 Å². The number of rotatable bonds is 15. The maximum Gasteiger partial charge on any atom is 0.426 e. The van der Waals surface area contributed by atoms with Crippen molar-refractivity contribution in [3.63, 3.8) is 0 Å². The number of nitrogens with zero attached hydrogens (tertiary/aromatic N) is 3. The third kappa shape index (κ3) is 9.22. The van der Waals surface area contributed by atoms with Crippen LogP contribution >= 0.6 is 0 Å². The zero-order valence-corrected chi connectivity index (χ0v) is 25.6. The first-order valence-electron chi connectivity index (χ1n) is 14.7. The second kappa shape index (κ2) is 15.5. The quantitative estimate of drug-likeness (QED) is 0.0963. The minimum atomic E-state index is -5.13. The van der Waals surface area contributed by atoms with E-state index in [1.54, 1.807) is 67.6 Å². The Morgan fingerprint density at radius 3 is 2.10 bits per heavy atom. The van der Waals surface area contributed by atoms with Gasteiger partial charge in [-0.3, -0.25) is 0 Å². The van der Waals surface area contributed by atoms with Gasteiger partial charge in [-0.05, 0) is 37.3 Å². The van der Waals surface area contributed by atoms with Crippen molar-refractivity contribution in [2.24, 2.45) is 5.73 Å². The monoisotopic (exact) mass is 682 g/mol. The Balaban J connectivity index is 1.79. The van der Waals surface area contributed by atoms with Gasteiger partial charge in [0.25, 0.3) is 11.8 Å². The molecule has 0 bridgehead atoms. The second-order valence-electron chi connectivity index (χ2n) is 10.8. The predicted octanol–water partition coefficient (Wildman–Crippen LogP) is 7.49. The summed E-state index contributed by atoms with van der Waals surface area (Å²) in [5, 5.41) is 16.8. The third-order valence-corrected chi connectivity index (χ3v) is 7.10. The zero-order valence-electron chi connectivity index (χ0n) is 25.6. The number of nitrogens with two attached hydrogens (primary N) is 1. The molecule has 258 valence electrons. The fourth-order valence-electron chi connectivity index (χ4n) is 4.70. The van der Waals surface area contributed by atoms with Crippen LogP contribution in [0.1, 0.15) is 61.6 Å². The van der Waals surface area contributed by atoms with E-state index in [4.69, 9.17) is 24.4 Å². The minimum absolute atomic E-state index is 0.0369. The number of ether oxygens (including phenoxy) is 3. The van der Waals surface area contributed by atoms with E-state index in [1.807, 2.05) is 0 Å². The van der Waals surface area contributed by atoms with Crippen molar-refractivity contribution in [3.8, 4) is 23.2 Å². The third-order valence-electron chi connectivity index (χ3n) is 7.10. The summed E-state index contributed by atoms with van der Waals surface area (Å²) < 4.78 is 108. The van der Waals surface area contributed by atoms with Crippen molar-refractivity contribution in [3.05, 3.63) is 89.3 Å². The standard InChI is InChI=1S/C32H32F6N4O6/c1-20(43)11-5-4-10-16-30(32(36,37)38,46-19-22-14-8-3-9-15-22)28-42-41-27(48-28)25-24(47-29(39)44)17-23(31(33,34)35)26(40-25)45-18-21-12-6-2-7-13-21/h2-3,6-9,12-15,17,20,43H,4-5,10-11,16,18-19H2,1H3,(H2,39,44)/t20-,30+/m0/s1. The molecule has 0 unspecified atom stereocenters. The van der Waals surface area contributed by atoms with Crippen LogP contribution in [0.4, 0.5) is 31.1 Å². The first-order valence-corrected chi connectivity index (χ1v) is 14.7. The first kappa shape index (κ1) is 36.1. The van der Waals surface area contributed by atoms with Gasteiger partial charge in [-0.1, -0.05) is 73.5 Å². The van der Waals surface area contributed by atoms with Crippen LogP contribution in [0.5, 0.6) is 11.6 Å². The molecular weight excluding hydrogens is 650 g/mol. The fraction of sp³-hybridized carbons (Fsp3) is 0.375. The van der Waals surface area contributed by atoms with Crippen molar-refractivity contribution in [2.75, 3.05) is 0 Å². The fourth-order valence-corrected chi connectivity index (χ4v) is 4.70. The molecular formula is C32H32F6N4O6. The van der Waals surface area contributed by atoms with Gasteiger partial charge >= 0.3 is 18.4 Å². The number of alkyl halides is 6. The highest BCUT2D eigenvalue weighted by atomic mass is 19.4. The molecule has 0 spiro atoms. The number of benzene rings is 2. The number of aromatic nitrogens is 3. The van der Waals surface area contributed by atoms with Crippen molar-refractivity contribution in [1.82, 2.24) is 15.2 Å². The Hall–Kier alpha value is -4.70. The molecule has 2 aromatic carbocycles. The molecule has 0 saturated carbocycles. The summed E-state index contributed by atoms with van der Waals surface area (Å²) in [4.78, 5) is 15.5. The van der Waals surface area contributed by atoms with Crippen molar-refractivity contribution >= 4 is 6.09 Å². The van der Waals surface area contributed by atoms with Crippen LogP contribution in [-0.4, -0.2) is 38.7 Å². The molecule has 48 heavy (non-hydrogen) atoms. The van der Waals surface area contributed by atoms with Crippen molar-refractivity contribution in [1.29, 1.82) is 0 Å². The number of primary amides is 1. The summed E-state index contributed by atoms with van der Waals surface area (Å²) >= 11 is 0. The minimum Gasteiger partial charge on any atom is -0.472 e. The molecule has 0 aliphatic carbocycles. The van der Waals surface area contributed by atoms with Gasteiger partial charge in [-0.15, -0.1) is 10.2 Å². The molecule has 0 saturated heterocycles. The Morgan fingerprint density at radius 2 is 1.54 bits per heavy atom. The van der Waals surface area contributed by atoms with Crippen LogP contribution in [0.25, 0.3) is 11.6 Å². The number of carbonyl (C=O) groups is 1. The zero-order chi connectivity index (χ0) is 35.0. The number of pyridine rings is 1. The molecule has 10 nitrogen and oxygen atoms in total. The SMILES string of the molecule is C[C@H](O)CCCCC[C@@](OCc1ccccc1)(c1nnc(-c2nc(OCc3ccccc3)c(C(F)(F)F)cc2OC(N)=O)o1)C(F)(F)F. The lowest BCUT2D eigenvalue weighted by Crippen LogP contribution is -2.45. The van der Waals surface area contributed by atoms with E-state index >= 15 is 13.2 Å². The van der Waals surface area contributed by atoms with Crippen LogP contribution in [0.2, 0.25) is 0 Å². The summed E-state index contributed by atoms with van der Waals surface area (Å²) in [5.41, 5.74) is 0.590. The van der Waals surface area contributed by atoms with Crippen molar-refractivity contribution in [2.45, 2.75) is 76.3 Å². The molecule has 0 fully saturated rings. The molecule has 4 aromatic rings. The van der Waals surface area contributed by atoms with E-state index in [2.05, 4.69) is 15.2 Å². The van der Waals surface area contributed by atoms with E-state index < -0.39 is 77.8 Å². The topological polar surface area (TPSA) is 143 Å². The highest BCUT2D eigenvalue weighted by Gasteiger charge is 2.61. The molecule has 0 radical (unpaired) electrons. The van der Waals surface area contributed by atoms with E-state index in [9.17, 15) is 23.1 Å². The Morgan fingerprint density at radius 1 is 0.917 bits per heavy atom. The largest absolute Gasteiger partial charge is 0.472 e. The van der Waals surface area contributed by atoms with Gasteiger partial charge in [0.15, 0.2) is 11.4 Å². The number of carbonyl (C=O) groups excluding carboxylic acids is 1. The van der Waals surface area contributed by atoms with Gasteiger partial charge in [0, 0.05) is 6.07 Å². The van der Waals surface area contributed by atoms with Crippen LogP contribution in [0.15, 0.2) is 71.1 Å². The number of hydrogen-bond donors (Lipinski definition) is 2. The average molecular weight is 683 g/mol. The Kier molecular flexibility index (Phi) is 11.6. The maximum absolute atomic E-state index is 15.0. The number of aliphatic hydroxyl groups is 1. The summed E-state index contributed by atoms with van der Waals surface area (Å²) in [7, 11) is 0. The molecule has 16 heteroatoms. The van der Waals surface area contributed by atoms with Gasteiger partial charge in [0.2, 0.25) is 11.5 Å². The normalized spacial score (nSPS) is 13.9. The molecule has 1 amide bonds. The lowest BCUT2D eigenvalue weighted by Gasteiger charge is -2.32. The number of unbranched alkanes of at least 4 members (excludes halogenated alkanes) is 2. The van der Waals surface area contributed by atoms with Gasteiger partial charge < -0.3 is 29.5 Å². The summed E-state index contributed by atoms with van der Waals surface area (Å²) in [5.74, 6) is -3.81. The van der Waals surface area contributed by atoms with Crippen LogP contribution < -0.4 is 15.2 Å². The first-order chi connectivity index (χ1) is 22.7. The molecule has 3 N–H and O–H groups in total. The van der Waals surface area contributed by atoms with Gasteiger partial charge in [-0.2, -0.15) is 26.3 Å². The van der Waals surface area contributed by atoms with Gasteiger partial charge in [-0.25, -0.2) is 9.78 Å². The summed E-state index contributed by atoms with van der Waals surface area (Å²) in [6, 6.07) is 16.5. The van der Waals surface area contributed by atoms with Crippen molar-refractivity contribution < 1.29 is 54.9 Å². The van der Waals surface area contributed by atoms with E-state index in [0.29, 0.717) is 30.0 Å². The molecule has 0 aliphatic heterocycles. The average Bonchev–Trinajstić information content (AvgIpc) is 3.51. The smallest absolute Gasteiger partial charge is 0.426 e. The molecule has 2 atom stereocenters. The lowest BCUT2D eigenvalue weighted by molar-refractivity contribution is -0.300. The van der Waals surface area contributed by atoms with Crippen LogP contribution in [0, 0.1) is 0 Å². The Labute approximate surface area is 270 Å². The van der Waals surface area contributed by atoms with E-state index in [1.165, 1.54) is 0 Å². The second-order valence-corrected chi connectivity index (χ2v) is 10.8. The van der Waals surface area contributed by atoms with Gasteiger partial charge in [0.1, 0.15) is 12.2 Å². The molecule has 0 aliphatic rings. The highest BCUT2D eigenvalue weighted by Crippen LogP contribution is 2.48. The molecule has 2 aromatic heterocycles. The number of amides is 1. The predicted molar refractivity (Wildman–Crippen MR) is 157 cm³/mol. The van der Waals surface area contributed by atoms with E-state index in [0.717, 1.165) is 0 Å². The number of aliphatic hydroxyl groups excluding tert-OH is 1. The molecule has 2 heterocycles.